The van der Waals surface area contributed by atoms with Gasteiger partial charge in [0.15, 0.2) is 17.4 Å². The second-order valence-electron chi connectivity index (χ2n) is 16.2. The fourth-order valence-electron chi connectivity index (χ4n) is 10.0. The predicted octanol–water partition coefficient (Wildman–Crippen LogP) is 9.63. The Morgan fingerprint density at radius 2 is 1.60 bits per heavy atom. The number of phenolic OH excluding ortho intramolecular Hbond substituents is 1. The van der Waals surface area contributed by atoms with Crippen molar-refractivity contribution in [3.8, 4) is 17.2 Å². The number of phenols is 1. The molecule has 2 aliphatic carbocycles. The molecule has 9 rings (SSSR count). The Morgan fingerprint density at radius 3 is 2.26 bits per heavy atom. The van der Waals surface area contributed by atoms with Crippen LogP contribution in [0.1, 0.15) is 46.6 Å². The topological polar surface area (TPSA) is 138 Å². The normalized spacial score (nSPS) is 23.9. The van der Waals surface area contributed by atoms with Crippen LogP contribution in [0.2, 0.25) is 10.0 Å². The Hall–Kier alpha value is -6.71. The van der Waals surface area contributed by atoms with Gasteiger partial charge < -0.3 is 14.6 Å². The zero-order chi connectivity index (χ0) is 46.1. The number of pyridine rings is 1. The van der Waals surface area contributed by atoms with E-state index in [0.29, 0.717) is 45.1 Å². The number of rotatable bonds is 9. The van der Waals surface area contributed by atoms with Gasteiger partial charge in [0.25, 0.3) is 11.8 Å². The highest BCUT2D eigenvalue weighted by atomic mass is 35.5. The highest BCUT2D eigenvalue weighted by Crippen LogP contribution is 2.64. The molecule has 3 heterocycles. The average Bonchev–Trinajstić information content (AvgIpc) is 3.67. The zero-order valence-corrected chi connectivity index (χ0v) is 35.8. The number of fused-ring (bicyclic) bond motifs is 4. The number of nitrogens with zero attached hydrogens (tertiary/aromatic N) is 3. The van der Waals surface area contributed by atoms with Gasteiger partial charge in [-0.2, -0.15) is 18.2 Å². The molecule has 1 saturated carbocycles. The molecule has 0 unspecified atom stereocenters. The van der Waals surface area contributed by atoms with Crippen molar-refractivity contribution in [2.24, 2.45) is 23.7 Å². The molecule has 3 fully saturated rings. The predicted molar refractivity (Wildman–Crippen MR) is 232 cm³/mol. The molecule has 332 valence electrons. The van der Waals surface area contributed by atoms with E-state index in [-0.39, 0.29) is 24.0 Å². The molecule has 4 amide bonds. The number of aromatic hydroxyl groups is 1. The van der Waals surface area contributed by atoms with Crippen LogP contribution in [0.15, 0.2) is 109 Å². The summed E-state index contributed by atoms with van der Waals surface area (Å²) in [6.45, 7) is 0. The molecular formula is C48H36Cl2F4N4O7. The lowest BCUT2D eigenvalue weighted by atomic mass is 9.49. The molecule has 65 heavy (non-hydrogen) atoms. The number of anilines is 2. The summed E-state index contributed by atoms with van der Waals surface area (Å²) >= 11 is 12.6. The van der Waals surface area contributed by atoms with E-state index in [1.54, 1.807) is 68.8 Å². The second kappa shape index (κ2) is 16.4. The Labute approximate surface area is 378 Å². The molecule has 2 saturated heterocycles. The standard InChI is InChI=1S/C48H36Cl2F4N4O7/c1-64-31-14-18-39(65-2)25(19-31)6-3-24-4-12-30(13-5-24)57-43(60)33-16-15-32-34(40(33)45(57)62)22-35-44(61)58(56-42-36(50)21-28(23-55-42)48(52,53)54)46(63)47(35,27-8-10-29(49)11-9-27)41(32)26-7-17-38(59)37(51)20-26/h3-15,17-21,23,33-35,40-41,59H,16,22H2,1-2H3,(H,55,56)/t33-,34+,35-,40-,41-,47+/m0/s1. The number of hydrogen-bond donors (Lipinski definition) is 2. The van der Waals surface area contributed by atoms with Gasteiger partial charge in [-0.25, -0.2) is 9.37 Å². The van der Waals surface area contributed by atoms with Gasteiger partial charge in [0, 0.05) is 22.7 Å². The van der Waals surface area contributed by atoms with Crippen LogP contribution in [0, 0.1) is 29.5 Å². The van der Waals surface area contributed by atoms with E-state index in [2.05, 4.69) is 10.4 Å². The molecule has 4 aliphatic rings. The first kappa shape index (κ1) is 43.5. The number of aromatic nitrogens is 1. The van der Waals surface area contributed by atoms with Gasteiger partial charge in [-0.05, 0) is 96.1 Å². The van der Waals surface area contributed by atoms with E-state index in [0.717, 1.165) is 28.2 Å². The summed E-state index contributed by atoms with van der Waals surface area (Å²) < 4.78 is 67.0. The maximum absolute atomic E-state index is 15.5. The molecule has 0 bridgehead atoms. The van der Waals surface area contributed by atoms with Crippen LogP contribution < -0.4 is 19.8 Å². The minimum atomic E-state index is -4.79. The van der Waals surface area contributed by atoms with Crippen LogP contribution in [0.4, 0.5) is 29.1 Å². The third-order valence-electron chi connectivity index (χ3n) is 12.9. The van der Waals surface area contributed by atoms with E-state index < -0.39 is 92.8 Å². The van der Waals surface area contributed by atoms with Crippen molar-refractivity contribution in [1.29, 1.82) is 0 Å². The van der Waals surface area contributed by atoms with Gasteiger partial charge >= 0.3 is 6.18 Å². The Kier molecular flexibility index (Phi) is 11.0. The molecule has 11 nitrogen and oxygen atoms in total. The van der Waals surface area contributed by atoms with Gasteiger partial charge in [0.1, 0.15) is 11.5 Å². The maximum atomic E-state index is 15.5. The van der Waals surface area contributed by atoms with Crippen molar-refractivity contribution in [2.75, 3.05) is 24.5 Å². The second-order valence-corrected chi connectivity index (χ2v) is 17.0. The molecule has 6 atom stereocenters. The van der Waals surface area contributed by atoms with E-state index >= 15 is 9.18 Å². The van der Waals surface area contributed by atoms with Crippen molar-refractivity contribution in [3.63, 3.8) is 0 Å². The lowest BCUT2D eigenvalue weighted by molar-refractivity contribution is -0.139. The number of nitrogens with one attached hydrogen (secondary N) is 1. The molecule has 4 aromatic carbocycles. The Morgan fingerprint density at radius 1 is 0.862 bits per heavy atom. The van der Waals surface area contributed by atoms with Gasteiger partial charge in [-0.3, -0.25) is 29.5 Å². The smallest absolute Gasteiger partial charge is 0.417 e. The van der Waals surface area contributed by atoms with E-state index in [9.17, 15) is 32.7 Å². The number of hydrazine groups is 1. The highest BCUT2D eigenvalue weighted by Gasteiger charge is 2.70. The molecule has 1 aromatic heterocycles. The fraction of sp³-hybridized carbons (Fsp3) is 0.229. The summed E-state index contributed by atoms with van der Waals surface area (Å²) in [5.41, 5.74) is 2.29. The number of carbonyl (C=O) groups excluding carboxylic acids is 4. The fourth-order valence-corrected chi connectivity index (χ4v) is 10.3. The molecule has 0 radical (unpaired) electrons. The number of methoxy groups -OCH3 is 2. The number of allylic oxidation sites excluding steroid dienone is 2. The minimum absolute atomic E-state index is 0.0639. The van der Waals surface area contributed by atoms with E-state index in [1.807, 2.05) is 18.2 Å². The quantitative estimate of drug-likeness (QED) is 0.0641. The van der Waals surface area contributed by atoms with Crippen molar-refractivity contribution in [3.05, 3.63) is 153 Å². The number of benzene rings is 4. The maximum Gasteiger partial charge on any atom is 0.417 e. The van der Waals surface area contributed by atoms with Crippen LogP contribution in [0.5, 0.6) is 17.2 Å². The monoisotopic (exact) mass is 926 g/mol. The Bertz CT molecular complexity index is 2860. The van der Waals surface area contributed by atoms with Gasteiger partial charge in [0.2, 0.25) is 11.8 Å². The number of alkyl halides is 3. The van der Waals surface area contributed by atoms with Gasteiger partial charge in [-0.15, -0.1) is 0 Å². The Balaban J connectivity index is 1.11. The molecule has 2 N–H and O–H groups in total. The van der Waals surface area contributed by atoms with Crippen LogP contribution in [-0.2, 0) is 30.8 Å². The zero-order valence-electron chi connectivity index (χ0n) is 34.3. The highest BCUT2D eigenvalue weighted by molar-refractivity contribution is 6.33. The first-order chi connectivity index (χ1) is 31.1. The summed E-state index contributed by atoms with van der Waals surface area (Å²) in [5.74, 6) is -8.75. The van der Waals surface area contributed by atoms with Crippen molar-refractivity contribution < 1.29 is 51.3 Å². The summed E-state index contributed by atoms with van der Waals surface area (Å²) in [7, 11) is 3.12. The molecule has 2 aliphatic heterocycles. The summed E-state index contributed by atoms with van der Waals surface area (Å²) in [5, 5.41) is 10.7. The van der Waals surface area contributed by atoms with E-state index in [4.69, 9.17) is 32.7 Å². The average molecular weight is 928 g/mol. The largest absolute Gasteiger partial charge is 0.505 e. The van der Waals surface area contributed by atoms with Gasteiger partial charge in [0.05, 0.1) is 53.7 Å². The van der Waals surface area contributed by atoms with E-state index in [1.165, 1.54) is 18.2 Å². The third-order valence-corrected chi connectivity index (χ3v) is 13.4. The van der Waals surface area contributed by atoms with Crippen molar-refractivity contribution in [2.45, 2.75) is 30.4 Å². The summed E-state index contributed by atoms with van der Waals surface area (Å²) in [6.07, 6.45) is 1.08. The number of halogens is 6. The molecule has 0 spiro atoms. The molecule has 17 heteroatoms. The number of amides is 4. The lowest BCUT2D eigenvalue weighted by Crippen LogP contribution is -2.53. The van der Waals surface area contributed by atoms with Crippen LogP contribution in [0.3, 0.4) is 0 Å². The molecular weight excluding hydrogens is 891 g/mol. The summed E-state index contributed by atoms with van der Waals surface area (Å²) in [4.78, 5) is 64.3. The van der Waals surface area contributed by atoms with Crippen molar-refractivity contribution in [1.82, 2.24) is 9.99 Å². The molecule has 5 aromatic rings. The van der Waals surface area contributed by atoms with Crippen LogP contribution >= 0.6 is 23.2 Å². The number of carbonyl (C=O) groups is 4. The SMILES string of the molecule is COc1ccc(OC)c(C=Cc2ccc(N3C(=O)[C@H]4[C@H](CC=C5[C@H]4C[C@H]4C(=O)N(Nc6ncc(C(F)(F)F)cc6Cl)C(=O)[C@@]4(c4ccc(Cl)cc4)[C@H]5c4ccc(O)c(F)c4)C3=O)cc2)c1. The first-order valence-electron chi connectivity index (χ1n) is 20.3. The number of ether oxygens (including phenoxy) is 2. The number of imide groups is 2. The summed E-state index contributed by atoms with van der Waals surface area (Å²) in [6, 6.07) is 22.5. The minimum Gasteiger partial charge on any atom is -0.505 e. The first-order valence-corrected chi connectivity index (χ1v) is 21.0. The van der Waals surface area contributed by atoms with Crippen LogP contribution in [-0.4, -0.2) is 52.9 Å². The number of hydrogen-bond acceptors (Lipinski definition) is 9. The van der Waals surface area contributed by atoms with Crippen molar-refractivity contribution >= 4 is 70.5 Å². The lowest BCUT2D eigenvalue weighted by Gasteiger charge is -2.50. The van der Waals surface area contributed by atoms with Crippen LogP contribution in [0.25, 0.3) is 12.2 Å². The van der Waals surface area contributed by atoms with Gasteiger partial charge in [-0.1, -0.05) is 77.3 Å². The third kappa shape index (κ3) is 7.17.